The van der Waals surface area contributed by atoms with Crippen molar-refractivity contribution >= 4 is 23.3 Å². The van der Waals surface area contributed by atoms with Crippen molar-refractivity contribution in [1.82, 2.24) is 9.88 Å². The van der Waals surface area contributed by atoms with Crippen LogP contribution in [-0.2, 0) is 18.3 Å². The largest absolute Gasteiger partial charge is 0.393 e. The van der Waals surface area contributed by atoms with Gasteiger partial charge in [0.05, 0.1) is 17.4 Å². The Morgan fingerprint density at radius 3 is 2.42 bits per heavy atom. The molecule has 0 saturated heterocycles. The summed E-state index contributed by atoms with van der Waals surface area (Å²) < 4.78 is 15.2. The molecule has 2 aromatic rings. The minimum Gasteiger partial charge on any atom is -0.393 e. The Morgan fingerprint density at radius 1 is 1.21 bits per heavy atom. The normalized spacial score (nSPS) is 20.4. The lowest BCUT2D eigenvalue weighted by atomic mass is 9.82. The Balaban J connectivity index is 1.87. The summed E-state index contributed by atoms with van der Waals surface area (Å²) in [5.74, 6) is -2.20. The Labute approximate surface area is 193 Å². The van der Waals surface area contributed by atoms with Gasteiger partial charge in [-0.1, -0.05) is 6.92 Å². The standard InChI is InChI=1S/C25H32FN3O4/c1-6-19-20(23(32)27-16-7-8-18(26)14(2)13-16)15(3)21(29(19)5)22(31)24(33)28-25(4)11-9-17(30)10-12-25/h7-8,13,17,30H,6,9-12H2,1-5H3,(H,27,32)(H,28,33). The first-order valence-corrected chi connectivity index (χ1v) is 11.3. The molecule has 0 bridgehead atoms. The predicted octanol–water partition coefficient (Wildman–Crippen LogP) is 3.59. The van der Waals surface area contributed by atoms with E-state index >= 15 is 0 Å². The molecule has 0 spiro atoms. The molecule has 8 heteroatoms. The first kappa shape index (κ1) is 24.6. The van der Waals surface area contributed by atoms with Crippen LogP contribution in [0, 0.1) is 19.7 Å². The van der Waals surface area contributed by atoms with Gasteiger partial charge in [-0.3, -0.25) is 14.4 Å². The maximum Gasteiger partial charge on any atom is 0.294 e. The number of amides is 2. The minimum atomic E-state index is -0.721. The van der Waals surface area contributed by atoms with Crippen LogP contribution < -0.4 is 10.6 Å². The van der Waals surface area contributed by atoms with Gasteiger partial charge in [-0.05, 0) is 82.2 Å². The summed E-state index contributed by atoms with van der Waals surface area (Å²) in [5, 5.41) is 15.4. The van der Waals surface area contributed by atoms with Crippen LogP contribution in [0.1, 0.15) is 77.2 Å². The van der Waals surface area contributed by atoms with Gasteiger partial charge in [0.25, 0.3) is 17.6 Å². The predicted molar refractivity (Wildman–Crippen MR) is 124 cm³/mol. The van der Waals surface area contributed by atoms with Crippen molar-refractivity contribution in [2.75, 3.05) is 5.32 Å². The van der Waals surface area contributed by atoms with E-state index in [4.69, 9.17) is 0 Å². The molecule has 178 valence electrons. The summed E-state index contributed by atoms with van der Waals surface area (Å²) in [6.45, 7) is 7.02. The van der Waals surface area contributed by atoms with E-state index in [2.05, 4.69) is 10.6 Å². The number of aromatic nitrogens is 1. The number of nitrogens with zero attached hydrogens (tertiary/aromatic N) is 1. The number of halogens is 1. The molecule has 1 aliphatic carbocycles. The first-order valence-electron chi connectivity index (χ1n) is 11.3. The lowest BCUT2D eigenvalue weighted by Crippen LogP contribution is -2.51. The molecule has 0 atom stereocenters. The first-order chi connectivity index (χ1) is 15.5. The molecule has 7 nitrogen and oxygen atoms in total. The fourth-order valence-corrected chi connectivity index (χ4v) is 4.65. The summed E-state index contributed by atoms with van der Waals surface area (Å²) in [7, 11) is 1.67. The number of hydrogen-bond donors (Lipinski definition) is 3. The zero-order chi connectivity index (χ0) is 24.5. The SMILES string of the molecule is CCc1c(C(=O)Nc2ccc(F)c(C)c2)c(C)c(C(=O)C(=O)NC2(C)CCC(O)CC2)n1C. The molecular formula is C25H32FN3O4. The summed E-state index contributed by atoms with van der Waals surface area (Å²) in [6, 6.07) is 4.30. The van der Waals surface area contributed by atoms with Gasteiger partial charge in [0, 0.05) is 24.0 Å². The van der Waals surface area contributed by atoms with Gasteiger partial charge < -0.3 is 20.3 Å². The molecule has 0 radical (unpaired) electrons. The highest BCUT2D eigenvalue weighted by Gasteiger charge is 2.35. The molecule has 1 aromatic carbocycles. The van der Waals surface area contributed by atoms with Crippen LogP contribution in [0.2, 0.25) is 0 Å². The molecule has 3 N–H and O–H groups in total. The molecule has 2 amide bonds. The lowest BCUT2D eigenvalue weighted by molar-refractivity contribution is -0.119. The fraction of sp³-hybridized carbons (Fsp3) is 0.480. The van der Waals surface area contributed by atoms with Gasteiger partial charge in [-0.25, -0.2) is 4.39 Å². The number of Topliss-reactive ketones (excluding diaryl/α,β-unsaturated/α-hetero) is 1. The zero-order valence-electron chi connectivity index (χ0n) is 19.8. The van der Waals surface area contributed by atoms with Crippen LogP contribution in [0.4, 0.5) is 10.1 Å². The molecule has 1 fully saturated rings. The summed E-state index contributed by atoms with van der Waals surface area (Å²) >= 11 is 0. The Hall–Kier alpha value is -3.00. The van der Waals surface area contributed by atoms with E-state index < -0.39 is 23.1 Å². The monoisotopic (exact) mass is 457 g/mol. The quantitative estimate of drug-likeness (QED) is 0.456. The van der Waals surface area contributed by atoms with E-state index in [9.17, 15) is 23.9 Å². The second kappa shape index (κ2) is 9.47. The van der Waals surface area contributed by atoms with Crippen LogP contribution in [-0.4, -0.2) is 38.9 Å². The molecular weight excluding hydrogens is 425 g/mol. The van der Waals surface area contributed by atoms with E-state index in [-0.39, 0.29) is 17.6 Å². The number of benzene rings is 1. The molecule has 1 heterocycles. The number of hydrogen-bond acceptors (Lipinski definition) is 4. The van der Waals surface area contributed by atoms with Gasteiger partial charge in [0.2, 0.25) is 0 Å². The molecule has 0 unspecified atom stereocenters. The topological polar surface area (TPSA) is 100 Å². The Morgan fingerprint density at radius 2 is 1.85 bits per heavy atom. The lowest BCUT2D eigenvalue weighted by Gasteiger charge is -2.36. The van der Waals surface area contributed by atoms with Crippen molar-refractivity contribution in [3.05, 3.63) is 52.1 Å². The average molecular weight is 458 g/mol. The van der Waals surface area contributed by atoms with Crippen molar-refractivity contribution in [2.24, 2.45) is 7.05 Å². The summed E-state index contributed by atoms with van der Waals surface area (Å²) in [4.78, 5) is 39.1. The van der Waals surface area contributed by atoms with Crippen molar-refractivity contribution in [3.63, 3.8) is 0 Å². The number of carbonyl (C=O) groups is 3. The maximum absolute atomic E-state index is 13.6. The van der Waals surface area contributed by atoms with Gasteiger partial charge >= 0.3 is 0 Å². The van der Waals surface area contributed by atoms with Crippen LogP contribution in [0.5, 0.6) is 0 Å². The smallest absolute Gasteiger partial charge is 0.294 e. The number of rotatable bonds is 6. The van der Waals surface area contributed by atoms with Gasteiger partial charge in [-0.15, -0.1) is 0 Å². The van der Waals surface area contributed by atoms with Crippen LogP contribution in [0.15, 0.2) is 18.2 Å². The number of aliphatic hydroxyl groups is 1. The van der Waals surface area contributed by atoms with E-state index in [0.29, 0.717) is 60.2 Å². The van der Waals surface area contributed by atoms with Crippen molar-refractivity contribution in [1.29, 1.82) is 0 Å². The van der Waals surface area contributed by atoms with Gasteiger partial charge in [-0.2, -0.15) is 0 Å². The molecule has 1 aromatic heterocycles. The second-order valence-electron chi connectivity index (χ2n) is 9.20. The van der Waals surface area contributed by atoms with Crippen molar-refractivity contribution in [3.8, 4) is 0 Å². The third-order valence-corrected chi connectivity index (χ3v) is 6.63. The zero-order valence-corrected chi connectivity index (χ0v) is 19.8. The van der Waals surface area contributed by atoms with Crippen molar-refractivity contribution in [2.45, 2.75) is 71.4 Å². The van der Waals surface area contributed by atoms with Crippen LogP contribution in [0.25, 0.3) is 0 Å². The highest BCUT2D eigenvalue weighted by atomic mass is 19.1. The number of nitrogens with one attached hydrogen (secondary N) is 2. The third kappa shape index (κ3) is 5.00. The van der Waals surface area contributed by atoms with Crippen LogP contribution >= 0.6 is 0 Å². The molecule has 3 rings (SSSR count). The maximum atomic E-state index is 13.6. The van der Waals surface area contributed by atoms with E-state index in [1.54, 1.807) is 31.5 Å². The number of anilines is 1. The fourth-order valence-electron chi connectivity index (χ4n) is 4.65. The number of carbonyl (C=O) groups excluding carboxylic acids is 3. The molecule has 0 aliphatic heterocycles. The van der Waals surface area contributed by atoms with Crippen LogP contribution in [0.3, 0.4) is 0 Å². The summed E-state index contributed by atoms with van der Waals surface area (Å²) in [5.41, 5.74) is 1.86. The highest BCUT2D eigenvalue weighted by molar-refractivity contribution is 6.43. The second-order valence-corrected chi connectivity index (χ2v) is 9.20. The average Bonchev–Trinajstić information content (AvgIpc) is 3.01. The third-order valence-electron chi connectivity index (χ3n) is 6.63. The number of ketones is 1. The Kier molecular flexibility index (Phi) is 7.07. The molecule has 33 heavy (non-hydrogen) atoms. The molecule has 1 aliphatic rings. The summed E-state index contributed by atoms with van der Waals surface area (Å²) in [6.07, 6.45) is 2.42. The number of aliphatic hydroxyl groups excluding tert-OH is 1. The van der Waals surface area contributed by atoms with E-state index in [1.165, 1.54) is 12.1 Å². The van der Waals surface area contributed by atoms with E-state index in [0.717, 1.165) is 0 Å². The minimum absolute atomic E-state index is 0.171. The molecule has 1 saturated carbocycles. The van der Waals surface area contributed by atoms with Crippen molar-refractivity contribution < 1.29 is 23.9 Å². The number of aryl methyl sites for hydroxylation is 1. The van der Waals surface area contributed by atoms with Gasteiger partial charge in [0.1, 0.15) is 5.82 Å². The van der Waals surface area contributed by atoms with E-state index in [1.807, 2.05) is 13.8 Å². The highest BCUT2D eigenvalue weighted by Crippen LogP contribution is 2.29. The Bertz CT molecular complexity index is 1100. The van der Waals surface area contributed by atoms with Gasteiger partial charge in [0.15, 0.2) is 0 Å².